The average molecular weight is 481 g/mol. The molecule has 0 radical (unpaired) electrons. The van der Waals surface area contributed by atoms with Crippen molar-refractivity contribution in [1.29, 1.82) is 0 Å². The van der Waals surface area contributed by atoms with E-state index in [0.717, 1.165) is 43.3 Å². The van der Waals surface area contributed by atoms with Crippen LogP contribution in [0.1, 0.15) is 10.4 Å². The second-order valence-corrected chi connectivity index (χ2v) is 8.75. The first-order chi connectivity index (χ1) is 14.0. The Labute approximate surface area is 179 Å². The molecule has 0 aliphatic carbocycles. The van der Waals surface area contributed by atoms with Gasteiger partial charge in [-0.15, -0.1) is 0 Å². The lowest BCUT2D eigenvalue weighted by atomic mass is 10.2. The van der Waals surface area contributed by atoms with Crippen molar-refractivity contribution >= 4 is 48.5 Å². The molecule has 152 valence electrons. The molecule has 0 spiro atoms. The zero-order valence-corrected chi connectivity index (χ0v) is 17.9. The summed E-state index contributed by atoms with van der Waals surface area (Å²) in [5.74, 6) is -1.29. The number of carbonyl (C=O) groups is 1. The van der Waals surface area contributed by atoms with Crippen molar-refractivity contribution in [1.82, 2.24) is 15.2 Å². The number of halogens is 3. The molecule has 1 fully saturated rings. The Balaban J connectivity index is 1.27. The van der Waals surface area contributed by atoms with Gasteiger partial charge in [-0.25, -0.2) is 13.8 Å². The number of fused-ring (bicyclic) bond motifs is 1. The first-order valence-electron chi connectivity index (χ1n) is 9.26. The minimum atomic E-state index is -0.623. The third-order valence-electron chi connectivity index (χ3n) is 4.86. The number of aromatic nitrogens is 1. The molecule has 1 N–H and O–H groups in total. The van der Waals surface area contributed by atoms with Gasteiger partial charge in [-0.05, 0) is 30.3 Å². The number of rotatable bonds is 5. The number of hydrogen-bond acceptors (Lipinski definition) is 5. The van der Waals surface area contributed by atoms with Gasteiger partial charge < -0.3 is 10.2 Å². The first-order valence-corrected chi connectivity index (χ1v) is 10.9. The van der Waals surface area contributed by atoms with E-state index in [0.29, 0.717) is 21.9 Å². The number of nitrogens with zero attached hydrogens (tertiary/aromatic N) is 3. The molecular formula is C20H19BrF2N4OS. The van der Waals surface area contributed by atoms with Gasteiger partial charge in [0.25, 0.3) is 5.91 Å². The molecule has 1 aliphatic rings. The van der Waals surface area contributed by atoms with Gasteiger partial charge in [0.15, 0.2) is 10.9 Å². The van der Waals surface area contributed by atoms with Crippen LogP contribution in [0.25, 0.3) is 10.2 Å². The molecule has 1 saturated heterocycles. The van der Waals surface area contributed by atoms with Crippen molar-refractivity contribution in [3.63, 3.8) is 0 Å². The molecule has 2 heterocycles. The van der Waals surface area contributed by atoms with Crippen LogP contribution in [0, 0.1) is 11.6 Å². The molecule has 0 unspecified atom stereocenters. The van der Waals surface area contributed by atoms with Gasteiger partial charge in [0, 0.05) is 55.4 Å². The SMILES string of the molecule is O=C(NCCN1CCN(c2nc3c(F)cc(F)cc3s2)CC1)c1ccc(Br)cc1. The standard InChI is InChI=1S/C20H19BrF2N4OS/c21-14-3-1-13(2-4-14)19(28)24-5-6-26-7-9-27(10-8-26)20-25-18-16(23)11-15(22)12-17(18)29-20/h1-4,11-12H,5-10H2,(H,24,28). The van der Waals surface area contributed by atoms with Crippen LogP contribution in [0.5, 0.6) is 0 Å². The van der Waals surface area contributed by atoms with E-state index in [1.54, 1.807) is 12.1 Å². The number of nitrogens with one attached hydrogen (secondary N) is 1. The largest absolute Gasteiger partial charge is 0.351 e. The predicted molar refractivity (Wildman–Crippen MR) is 115 cm³/mol. The fourth-order valence-electron chi connectivity index (χ4n) is 3.27. The van der Waals surface area contributed by atoms with Gasteiger partial charge >= 0.3 is 0 Å². The average Bonchev–Trinajstić information content (AvgIpc) is 3.13. The van der Waals surface area contributed by atoms with Crippen LogP contribution in [0.3, 0.4) is 0 Å². The molecule has 4 rings (SSSR count). The summed E-state index contributed by atoms with van der Waals surface area (Å²) in [5.41, 5.74) is 0.863. The van der Waals surface area contributed by atoms with Crippen molar-refractivity contribution in [2.75, 3.05) is 44.2 Å². The highest BCUT2D eigenvalue weighted by Gasteiger charge is 2.21. The van der Waals surface area contributed by atoms with Crippen molar-refractivity contribution in [3.8, 4) is 0 Å². The van der Waals surface area contributed by atoms with E-state index >= 15 is 0 Å². The summed E-state index contributed by atoms with van der Waals surface area (Å²) >= 11 is 4.67. The van der Waals surface area contributed by atoms with Crippen LogP contribution in [-0.2, 0) is 0 Å². The maximum Gasteiger partial charge on any atom is 0.251 e. The van der Waals surface area contributed by atoms with Crippen LogP contribution >= 0.6 is 27.3 Å². The van der Waals surface area contributed by atoms with Crippen LogP contribution in [0.15, 0.2) is 40.9 Å². The van der Waals surface area contributed by atoms with Crippen LogP contribution in [0.4, 0.5) is 13.9 Å². The molecule has 1 amide bonds. The number of benzene rings is 2. The maximum atomic E-state index is 13.9. The molecule has 5 nitrogen and oxygen atoms in total. The third kappa shape index (κ3) is 4.73. The number of carbonyl (C=O) groups excluding carboxylic acids is 1. The highest BCUT2D eigenvalue weighted by molar-refractivity contribution is 9.10. The normalized spacial score (nSPS) is 15.1. The van der Waals surface area contributed by atoms with E-state index < -0.39 is 11.6 Å². The van der Waals surface area contributed by atoms with Crippen LogP contribution in [0.2, 0.25) is 0 Å². The Kier molecular flexibility index (Phi) is 6.07. The highest BCUT2D eigenvalue weighted by Crippen LogP contribution is 2.31. The Morgan fingerprint density at radius 2 is 1.86 bits per heavy atom. The molecule has 1 aromatic heterocycles. The molecule has 0 atom stereocenters. The number of piperazine rings is 1. The second kappa shape index (κ2) is 8.73. The number of amides is 1. The summed E-state index contributed by atoms with van der Waals surface area (Å²) in [6.07, 6.45) is 0. The van der Waals surface area contributed by atoms with Crippen molar-refractivity contribution < 1.29 is 13.6 Å². The molecule has 0 saturated carbocycles. The van der Waals surface area contributed by atoms with Gasteiger partial charge in [0.2, 0.25) is 0 Å². The van der Waals surface area contributed by atoms with Gasteiger partial charge in [0.1, 0.15) is 11.3 Å². The Hall–Kier alpha value is -2.10. The number of anilines is 1. The maximum absolute atomic E-state index is 13.9. The summed E-state index contributed by atoms with van der Waals surface area (Å²) < 4.78 is 28.7. The van der Waals surface area contributed by atoms with E-state index in [2.05, 4.69) is 36.0 Å². The summed E-state index contributed by atoms with van der Waals surface area (Å²) in [5, 5.41) is 3.66. The van der Waals surface area contributed by atoms with Gasteiger partial charge in [-0.3, -0.25) is 9.69 Å². The topological polar surface area (TPSA) is 48.5 Å². The fourth-order valence-corrected chi connectivity index (χ4v) is 4.60. The monoisotopic (exact) mass is 480 g/mol. The molecule has 1 aliphatic heterocycles. The molecule has 3 aromatic rings. The van der Waals surface area contributed by atoms with E-state index in [-0.39, 0.29) is 11.4 Å². The van der Waals surface area contributed by atoms with Crippen LogP contribution in [-0.4, -0.2) is 55.1 Å². The van der Waals surface area contributed by atoms with Gasteiger partial charge in [0.05, 0.1) is 4.70 Å². The summed E-state index contributed by atoms with van der Waals surface area (Å²) in [7, 11) is 0. The zero-order valence-electron chi connectivity index (χ0n) is 15.5. The zero-order chi connectivity index (χ0) is 20.4. The third-order valence-corrected chi connectivity index (χ3v) is 6.46. The van der Waals surface area contributed by atoms with Gasteiger partial charge in [-0.2, -0.15) is 0 Å². The lowest BCUT2D eigenvalue weighted by molar-refractivity contribution is 0.0947. The molecule has 29 heavy (non-hydrogen) atoms. The van der Waals surface area contributed by atoms with Crippen LogP contribution < -0.4 is 10.2 Å². The van der Waals surface area contributed by atoms with Gasteiger partial charge in [-0.1, -0.05) is 27.3 Å². The molecule has 9 heteroatoms. The first kappa shape index (κ1) is 20.2. The van der Waals surface area contributed by atoms with Crippen molar-refractivity contribution in [2.24, 2.45) is 0 Å². The Bertz CT molecular complexity index is 1020. The molecule has 0 bridgehead atoms. The predicted octanol–water partition coefficient (Wildman–Crippen LogP) is 3.89. The van der Waals surface area contributed by atoms with E-state index in [1.807, 2.05) is 12.1 Å². The summed E-state index contributed by atoms with van der Waals surface area (Å²) in [4.78, 5) is 20.9. The lowest BCUT2D eigenvalue weighted by Gasteiger charge is -2.34. The lowest BCUT2D eigenvalue weighted by Crippen LogP contribution is -2.48. The van der Waals surface area contributed by atoms with E-state index in [1.165, 1.54) is 17.4 Å². The van der Waals surface area contributed by atoms with Crippen molar-refractivity contribution in [2.45, 2.75) is 0 Å². The summed E-state index contributed by atoms with van der Waals surface area (Å²) in [6, 6.07) is 9.44. The minimum absolute atomic E-state index is 0.0835. The summed E-state index contributed by atoms with van der Waals surface area (Å²) in [6.45, 7) is 4.48. The minimum Gasteiger partial charge on any atom is -0.351 e. The highest BCUT2D eigenvalue weighted by atomic mass is 79.9. The molecular weight excluding hydrogens is 462 g/mol. The fraction of sp³-hybridized carbons (Fsp3) is 0.300. The number of hydrogen-bond donors (Lipinski definition) is 1. The second-order valence-electron chi connectivity index (χ2n) is 6.82. The quantitative estimate of drug-likeness (QED) is 0.601. The smallest absolute Gasteiger partial charge is 0.251 e. The molecule has 2 aromatic carbocycles. The Morgan fingerprint density at radius 1 is 1.14 bits per heavy atom. The van der Waals surface area contributed by atoms with E-state index in [4.69, 9.17) is 0 Å². The Morgan fingerprint density at radius 3 is 2.59 bits per heavy atom. The van der Waals surface area contributed by atoms with E-state index in [9.17, 15) is 13.6 Å². The van der Waals surface area contributed by atoms with Crippen molar-refractivity contribution in [3.05, 3.63) is 58.1 Å². The number of thiazole rings is 1.